The van der Waals surface area contributed by atoms with Gasteiger partial charge in [0, 0.05) is 12.2 Å². The summed E-state index contributed by atoms with van der Waals surface area (Å²) in [7, 11) is 0. The molecule has 0 fully saturated rings. The molecule has 2 aromatic rings. The minimum absolute atomic E-state index is 0.287. The smallest absolute Gasteiger partial charge is 0.137 e. The molecule has 0 atom stereocenters. The zero-order valence-electron chi connectivity index (χ0n) is 10.6. The quantitative estimate of drug-likeness (QED) is 0.824. The molecule has 0 unspecified atom stereocenters. The van der Waals surface area contributed by atoms with E-state index in [4.69, 9.17) is 4.74 Å². The Kier molecular flexibility index (Phi) is 4.80. The largest absolute Gasteiger partial charge is 0.492 e. The lowest BCUT2D eigenvalue weighted by atomic mass is 10.2. The Morgan fingerprint density at radius 2 is 2.05 bits per heavy atom. The van der Waals surface area contributed by atoms with Gasteiger partial charge in [-0.1, -0.05) is 12.1 Å². The van der Waals surface area contributed by atoms with Crippen LogP contribution in [-0.4, -0.2) is 13.2 Å². The lowest BCUT2D eigenvalue weighted by Crippen LogP contribution is -2.11. The van der Waals surface area contributed by atoms with Gasteiger partial charge in [-0.3, -0.25) is 0 Å². The van der Waals surface area contributed by atoms with Gasteiger partial charge in [-0.15, -0.1) is 0 Å². The average Bonchev–Trinajstić information content (AvgIpc) is 2.39. The third-order valence-corrected chi connectivity index (χ3v) is 3.22. The predicted molar refractivity (Wildman–Crippen MR) is 79.3 cm³/mol. The van der Waals surface area contributed by atoms with Crippen molar-refractivity contribution in [1.82, 2.24) is 0 Å². The van der Waals surface area contributed by atoms with E-state index in [1.165, 1.54) is 11.6 Å². The van der Waals surface area contributed by atoms with E-state index >= 15 is 0 Å². The van der Waals surface area contributed by atoms with Gasteiger partial charge in [0.2, 0.25) is 0 Å². The van der Waals surface area contributed by atoms with E-state index in [2.05, 4.69) is 40.3 Å². The normalized spacial score (nSPS) is 10.3. The molecule has 1 N–H and O–H groups in total. The molecular weight excluding hydrogens is 309 g/mol. The molecule has 4 heteroatoms. The number of halogens is 2. The summed E-state index contributed by atoms with van der Waals surface area (Å²) in [6, 6.07) is 12.8. The van der Waals surface area contributed by atoms with Crippen LogP contribution < -0.4 is 10.1 Å². The number of benzene rings is 2. The van der Waals surface area contributed by atoms with Crippen molar-refractivity contribution >= 4 is 21.6 Å². The Bertz CT molecular complexity index is 560. The summed E-state index contributed by atoms with van der Waals surface area (Å²) in [4.78, 5) is 0. The van der Waals surface area contributed by atoms with Gasteiger partial charge in [-0.05, 0) is 58.7 Å². The maximum absolute atomic E-state index is 13.0. The third-order valence-electron chi connectivity index (χ3n) is 2.61. The van der Waals surface area contributed by atoms with Crippen LogP contribution in [0.15, 0.2) is 46.9 Å². The number of nitrogens with one attached hydrogen (secondary N) is 1. The minimum Gasteiger partial charge on any atom is -0.492 e. The molecule has 0 spiro atoms. The predicted octanol–water partition coefficient (Wildman–Crippen LogP) is 4.39. The van der Waals surface area contributed by atoms with Crippen LogP contribution in [0.2, 0.25) is 0 Å². The van der Waals surface area contributed by atoms with Gasteiger partial charge in [-0.2, -0.15) is 0 Å². The molecule has 2 aromatic carbocycles. The summed E-state index contributed by atoms with van der Waals surface area (Å²) in [5.74, 6) is 0.365. The van der Waals surface area contributed by atoms with Gasteiger partial charge in [0.05, 0.1) is 4.47 Å². The molecule has 0 amide bonds. The van der Waals surface area contributed by atoms with E-state index < -0.39 is 0 Å². The molecule has 100 valence electrons. The fourth-order valence-corrected chi connectivity index (χ4v) is 2.04. The summed E-state index contributed by atoms with van der Waals surface area (Å²) in [6.07, 6.45) is 0. The first-order valence-electron chi connectivity index (χ1n) is 6.03. The van der Waals surface area contributed by atoms with Gasteiger partial charge in [0.1, 0.15) is 18.2 Å². The van der Waals surface area contributed by atoms with E-state index in [-0.39, 0.29) is 5.82 Å². The number of rotatable bonds is 5. The van der Waals surface area contributed by atoms with Crippen molar-refractivity contribution in [3.05, 3.63) is 58.3 Å². The summed E-state index contributed by atoms with van der Waals surface area (Å²) in [5.41, 5.74) is 2.29. The van der Waals surface area contributed by atoms with Crippen LogP contribution in [0.4, 0.5) is 10.1 Å². The maximum Gasteiger partial charge on any atom is 0.137 e. The van der Waals surface area contributed by atoms with Crippen molar-refractivity contribution in [1.29, 1.82) is 0 Å². The van der Waals surface area contributed by atoms with Crippen LogP contribution >= 0.6 is 15.9 Å². The zero-order chi connectivity index (χ0) is 13.7. The number of hydrogen-bond acceptors (Lipinski definition) is 2. The SMILES string of the molecule is Cc1cccc(NCCOc2ccc(F)c(Br)c2)c1. The number of anilines is 1. The number of aryl methyl sites for hydroxylation is 1. The molecule has 0 aromatic heterocycles. The molecule has 19 heavy (non-hydrogen) atoms. The standard InChI is InChI=1S/C15H15BrFNO/c1-11-3-2-4-12(9-11)18-7-8-19-13-5-6-15(17)14(16)10-13/h2-6,9-10,18H,7-8H2,1H3. The van der Waals surface area contributed by atoms with Crippen LogP contribution in [0, 0.1) is 12.7 Å². The van der Waals surface area contributed by atoms with Crippen LogP contribution in [0.25, 0.3) is 0 Å². The van der Waals surface area contributed by atoms with E-state index in [1.807, 2.05) is 12.1 Å². The van der Waals surface area contributed by atoms with Gasteiger partial charge in [0.15, 0.2) is 0 Å². The molecule has 2 rings (SSSR count). The number of ether oxygens (including phenoxy) is 1. The van der Waals surface area contributed by atoms with Gasteiger partial charge in [-0.25, -0.2) is 4.39 Å². The van der Waals surface area contributed by atoms with Gasteiger partial charge in [0.25, 0.3) is 0 Å². The summed E-state index contributed by atoms with van der Waals surface area (Å²) in [6.45, 7) is 3.27. The van der Waals surface area contributed by atoms with Crippen molar-refractivity contribution in [3.63, 3.8) is 0 Å². The molecule has 0 aliphatic carbocycles. The second-order valence-corrected chi connectivity index (χ2v) is 5.07. The Morgan fingerprint density at radius 1 is 1.21 bits per heavy atom. The molecule has 0 aliphatic heterocycles. The number of hydrogen-bond donors (Lipinski definition) is 1. The third kappa shape index (κ3) is 4.24. The van der Waals surface area contributed by atoms with Crippen molar-refractivity contribution < 1.29 is 9.13 Å². The van der Waals surface area contributed by atoms with E-state index in [9.17, 15) is 4.39 Å². The first-order valence-corrected chi connectivity index (χ1v) is 6.83. The zero-order valence-corrected chi connectivity index (χ0v) is 12.2. The van der Waals surface area contributed by atoms with Crippen LogP contribution in [-0.2, 0) is 0 Å². The fraction of sp³-hybridized carbons (Fsp3) is 0.200. The summed E-state index contributed by atoms with van der Waals surface area (Å²) in [5, 5.41) is 3.27. The lowest BCUT2D eigenvalue weighted by Gasteiger charge is -2.09. The lowest BCUT2D eigenvalue weighted by molar-refractivity contribution is 0.332. The summed E-state index contributed by atoms with van der Waals surface area (Å²) >= 11 is 3.13. The highest BCUT2D eigenvalue weighted by atomic mass is 79.9. The second kappa shape index (κ2) is 6.57. The Labute approximate surface area is 120 Å². The Balaban J connectivity index is 1.79. The Hall–Kier alpha value is -1.55. The molecular formula is C15H15BrFNO. The molecule has 0 heterocycles. The minimum atomic E-state index is -0.287. The molecule has 2 nitrogen and oxygen atoms in total. The Morgan fingerprint density at radius 3 is 2.79 bits per heavy atom. The van der Waals surface area contributed by atoms with Crippen LogP contribution in [0.1, 0.15) is 5.56 Å². The highest BCUT2D eigenvalue weighted by molar-refractivity contribution is 9.10. The van der Waals surface area contributed by atoms with Crippen LogP contribution in [0.5, 0.6) is 5.75 Å². The van der Waals surface area contributed by atoms with E-state index in [0.29, 0.717) is 23.4 Å². The van der Waals surface area contributed by atoms with Crippen LogP contribution in [0.3, 0.4) is 0 Å². The maximum atomic E-state index is 13.0. The molecule has 0 saturated heterocycles. The molecule has 0 aliphatic rings. The van der Waals surface area contributed by atoms with Crippen molar-refractivity contribution in [2.24, 2.45) is 0 Å². The van der Waals surface area contributed by atoms with Gasteiger partial charge >= 0.3 is 0 Å². The average molecular weight is 324 g/mol. The second-order valence-electron chi connectivity index (χ2n) is 4.22. The first-order chi connectivity index (χ1) is 9.15. The highest BCUT2D eigenvalue weighted by Crippen LogP contribution is 2.21. The van der Waals surface area contributed by atoms with E-state index in [1.54, 1.807) is 12.1 Å². The highest BCUT2D eigenvalue weighted by Gasteiger charge is 2.01. The molecule has 0 saturated carbocycles. The summed E-state index contributed by atoms with van der Waals surface area (Å²) < 4.78 is 19.0. The monoisotopic (exact) mass is 323 g/mol. The topological polar surface area (TPSA) is 21.3 Å². The molecule has 0 radical (unpaired) electrons. The van der Waals surface area contributed by atoms with E-state index in [0.717, 1.165) is 5.69 Å². The van der Waals surface area contributed by atoms with Crippen molar-refractivity contribution in [2.45, 2.75) is 6.92 Å². The molecule has 0 bridgehead atoms. The van der Waals surface area contributed by atoms with Gasteiger partial charge < -0.3 is 10.1 Å². The first kappa shape index (κ1) is 13.9. The van der Waals surface area contributed by atoms with Crippen molar-refractivity contribution in [3.8, 4) is 5.75 Å². The van der Waals surface area contributed by atoms with Crippen molar-refractivity contribution in [2.75, 3.05) is 18.5 Å². The fourth-order valence-electron chi connectivity index (χ4n) is 1.69.